The van der Waals surface area contributed by atoms with E-state index >= 15 is 0 Å². The van der Waals surface area contributed by atoms with Crippen LogP contribution >= 0.6 is 23.1 Å². The van der Waals surface area contributed by atoms with Crippen LogP contribution < -0.4 is 11.1 Å². The lowest BCUT2D eigenvalue weighted by Gasteiger charge is -2.53. The summed E-state index contributed by atoms with van der Waals surface area (Å²) in [4.78, 5) is 47.2. The molecule has 204 valence electrons. The number of hydrogen-bond acceptors (Lipinski definition) is 8. The lowest BCUT2D eigenvalue weighted by atomic mass is 9.91. The number of thiazole rings is 1. The standard InChI is InChI=1S/C28H31N5O4S2/c1-16-9-7-8-12-19(16)14-33-26(37)23-28(33,3)38-15-32(23)25(36)21(34)20(13-18-10-5-4-6-11-18)31-24(35)22-17(2)30-27(29)39-22/h4-12,20-21,23,34H,13-15H2,1-3H3,(H2,29,30)(H,31,35)/t20-,21-,23+,28?/m0/s1. The van der Waals surface area contributed by atoms with Crippen LogP contribution in [0.5, 0.6) is 0 Å². The molecule has 9 nitrogen and oxygen atoms in total. The Morgan fingerprint density at radius 2 is 1.87 bits per heavy atom. The number of nitrogens with two attached hydrogens (primary N) is 1. The number of carbonyl (C=O) groups excluding carboxylic acids is 3. The van der Waals surface area contributed by atoms with E-state index in [9.17, 15) is 19.5 Å². The van der Waals surface area contributed by atoms with Crippen LogP contribution in [0.1, 0.15) is 39.0 Å². The van der Waals surface area contributed by atoms with Gasteiger partial charge in [-0.25, -0.2) is 4.98 Å². The summed E-state index contributed by atoms with van der Waals surface area (Å²) in [6, 6.07) is 15.6. The zero-order chi connectivity index (χ0) is 27.9. The number of nitrogen functional groups attached to an aromatic ring is 1. The number of likely N-dealkylation sites (tertiary alicyclic amines) is 1. The normalized spacial score (nSPS) is 21.7. The molecule has 1 unspecified atom stereocenters. The molecule has 2 aliphatic rings. The molecule has 0 bridgehead atoms. The second-order valence-electron chi connectivity index (χ2n) is 10.1. The maximum atomic E-state index is 13.7. The van der Waals surface area contributed by atoms with E-state index < -0.39 is 34.9 Å². The maximum Gasteiger partial charge on any atom is 0.263 e. The molecule has 0 aliphatic carbocycles. The summed E-state index contributed by atoms with van der Waals surface area (Å²) in [5, 5.41) is 14.4. The number of β-lactam (4-membered cyclic amide) rings is 1. The highest BCUT2D eigenvalue weighted by atomic mass is 32.2. The van der Waals surface area contributed by atoms with Gasteiger partial charge in [0.15, 0.2) is 11.2 Å². The number of rotatable bonds is 8. The van der Waals surface area contributed by atoms with Gasteiger partial charge < -0.3 is 26.0 Å². The molecule has 0 spiro atoms. The molecule has 3 amide bonds. The van der Waals surface area contributed by atoms with Crippen molar-refractivity contribution in [1.82, 2.24) is 20.1 Å². The van der Waals surface area contributed by atoms with Crippen LogP contribution in [0.4, 0.5) is 5.13 Å². The Bertz CT molecular complexity index is 1410. The largest absolute Gasteiger partial charge is 0.381 e. The number of benzene rings is 2. The number of fused-ring (bicyclic) bond motifs is 1. The summed E-state index contributed by atoms with van der Waals surface area (Å²) in [7, 11) is 0. The highest BCUT2D eigenvalue weighted by molar-refractivity contribution is 8.01. The van der Waals surface area contributed by atoms with Gasteiger partial charge in [0, 0.05) is 6.54 Å². The molecule has 2 aliphatic heterocycles. The van der Waals surface area contributed by atoms with Gasteiger partial charge in [0.25, 0.3) is 11.8 Å². The fourth-order valence-electron chi connectivity index (χ4n) is 5.23. The SMILES string of the molecule is Cc1ccccc1CN1C(=O)[C@H]2N(C(=O)[C@@H](O)[C@H](Cc3ccccc3)NC(=O)c3sc(N)nc3C)CSC21C. The number of aromatic nitrogens is 1. The quantitative estimate of drug-likeness (QED) is 0.358. The first-order valence-corrected chi connectivity index (χ1v) is 14.5. The van der Waals surface area contributed by atoms with Crippen molar-refractivity contribution < 1.29 is 19.5 Å². The molecule has 3 heterocycles. The number of nitrogens with one attached hydrogen (secondary N) is 1. The van der Waals surface area contributed by atoms with Crippen LogP contribution in [-0.2, 0) is 22.6 Å². The van der Waals surface area contributed by atoms with E-state index in [1.54, 1.807) is 11.8 Å². The maximum absolute atomic E-state index is 13.7. The minimum absolute atomic E-state index is 0.147. The van der Waals surface area contributed by atoms with E-state index in [0.717, 1.165) is 28.0 Å². The van der Waals surface area contributed by atoms with E-state index in [2.05, 4.69) is 10.3 Å². The first kappa shape index (κ1) is 27.2. The fourth-order valence-corrected chi connectivity index (χ4v) is 7.34. The second-order valence-corrected chi connectivity index (χ2v) is 12.5. The van der Waals surface area contributed by atoms with Crippen molar-refractivity contribution in [2.45, 2.75) is 56.8 Å². The number of nitrogens with zero attached hydrogens (tertiary/aromatic N) is 3. The average molecular weight is 566 g/mol. The highest BCUT2D eigenvalue weighted by Crippen LogP contribution is 2.51. The molecular weight excluding hydrogens is 534 g/mol. The third kappa shape index (κ3) is 5.02. The van der Waals surface area contributed by atoms with Crippen molar-refractivity contribution in [3.05, 3.63) is 81.9 Å². The topological polar surface area (TPSA) is 129 Å². The number of aryl methyl sites for hydroxylation is 2. The molecular formula is C28H31N5O4S2. The first-order chi connectivity index (χ1) is 18.6. The Hall–Kier alpha value is -3.41. The van der Waals surface area contributed by atoms with Crippen LogP contribution in [0.25, 0.3) is 0 Å². The summed E-state index contributed by atoms with van der Waals surface area (Å²) < 4.78 is 0. The van der Waals surface area contributed by atoms with Gasteiger partial charge >= 0.3 is 0 Å². The molecule has 0 radical (unpaired) electrons. The van der Waals surface area contributed by atoms with Gasteiger partial charge in [0.1, 0.15) is 15.8 Å². The summed E-state index contributed by atoms with van der Waals surface area (Å²) in [6.45, 7) is 6.11. The lowest BCUT2D eigenvalue weighted by molar-refractivity contribution is -0.168. The average Bonchev–Trinajstić information content (AvgIpc) is 3.43. The van der Waals surface area contributed by atoms with Gasteiger partial charge in [-0.15, -0.1) is 11.8 Å². The van der Waals surface area contributed by atoms with E-state index in [-0.39, 0.29) is 23.3 Å². The van der Waals surface area contributed by atoms with Crippen molar-refractivity contribution in [3.63, 3.8) is 0 Å². The predicted molar refractivity (Wildman–Crippen MR) is 152 cm³/mol. The molecule has 2 fully saturated rings. The van der Waals surface area contributed by atoms with Crippen molar-refractivity contribution in [2.24, 2.45) is 0 Å². The molecule has 11 heteroatoms. The number of aliphatic hydroxyl groups is 1. The molecule has 4 atom stereocenters. The Labute approximate surface area is 235 Å². The van der Waals surface area contributed by atoms with Gasteiger partial charge in [-0.1, -0.05) is 65.9 Å². The van der Waals surface area contributed by atoms with Crippen LogP contribution in [0.3, 0.4) is 0 Å². The van der Waals surface area contributed by atoms with Crippen molar-refractivity contribution in [2.75, 3.05) is 11.6 Å². The predicted octanol–water partition coefficient (Wildman–Crippen LogP) is 2.70. The second kappa shape index (κ2) is 10.6. The number of thioether (sulfide) groups is 1. The summed E-state index contributed by atoms with van der Waals surface area (Å²) in [6.07, 6.45) is -1.33. The molecule has 2 aromatic carbocycles. The number of anilines is 1. The Balaban J connectivity index is 1.34. The van der Waals surface area contributed by atoms with Crippen LogP contribution in [-0.4, -0.2) is 66.5 Å². The molecule has 3 aromatic rings. The van der Waals surface area contributed by atoms with E-state index in [1.165, 1.54) is 16.7 Å². The van der Waals surface area contributed by atoms with Crippen LogP contribution in [0.2, 0.25) is 0 Å². The molecule has 2 saturated heterocycles. The first-order valence-electron chi connectivity index (χ1n) is 12.7. The molecule has 4 N–H and O–H groups in total. The lowest BCUT2D eigenvalue weighted by Crippen LogP contribution is -2.73. The van der Waals surface area contributed by atoms with E-state index in [0.29, 0.717) is 17.1 Å². The summed E-state index contributed by atoms with van der Waals surface area (Å²) >= 11 is 2.56. The monoisotopic (exact) mass is 565 g/mol. The zero-order valence-corrected chi connectivity index (χ0v) is 23.6. The number of aliphatic hydroxyl groups excluding tert-OH is 1. The minimum atomic E-state index is -1.55. The Kier molecular flexibility index (Phi) is 7.41. The molecule has 39 heavy (non-hydrogen) atoms. The molecule has 0 saturated carbocycles. The highest BCUT2D eigenvalue weighted by Gasteiger charge is 2.65. The smallest absolute Gasteiger partial charge is 0.263 e. The van der Waals surface area contributed by atoms with Crippen molar-refractivity contribution in [1.29, 1.82) is 0 Å². The van der Waals surface area contributed by atoms with E-state index in [4.69, 9.17) is 5.73 Å². The van der Waals surface area contributed by atoms with Gasteiger partial charge in [0.2, 0.25) is 5.91 Å². The van der Waals surface area contributed by atoms with Crippen LogP contribution in [0.15, 0.2) is 54.6 Å². The van der Waals surface area contributed by atoms with Gasteiger partial charge in [-0.2, -0.15) is 0 Å². The molecule has 5 rings (SSSR count). The third-order valence-electron chi connectivity index (χ3n) is 7.49. The zero-order valence-electron chi connectivity index (χ0n) is 22.0. The van der Waals surface area contributed by atoms with Crippen molar-refractivity contribution >= 4 is 46.0 Å². The van der Waals surface area contributed by atoms with Gasteiger partial charge in [-0.3, -0.25) is 14.4 Å². The summed E-state index contributed by atoms with van der Waals surface area (Å²) in [5.41, 5.74) is 9.25. The Morgan fingerprint density at radius 1 is 1.18 bits per heavy atom. The summed E-state index contributed by atoms with van der Waals surface area (Å²) in [5.74, 6) is -0.921. The Morgan fingerprint density at radius 3 is 2.54 bits per heavy atom. The number of carbonyl (C=O) groups is 3. The van der Waals surface area contributed by atoms with Crippen LogP contribution in [0, 0.1) is 13.8 Å². The molecule has 1 aromatic heterocycles. The van der Waals surface area contributed by atoms with Crippen molar-refractivity contribution in [3.8, 4) is 0 Å². The van der Waals surface area contributed by atoms with E-state index in [1.807, 2.05) is 68.4 Å². The minimum Gasteiger partial charge on any atom is -0.381 e. The number of amides is 3. The van der Waals surface area contributed by atoms with Gasteiger partial charge in [0.05, 0.1) is 17.6 Å². The third-order valence-corrected chi connectivity index (χ3v) is 9.91. The number of hydrogen-bond donors (Lipinski definition) is 3. The fraction of sp³-hybridized carbons (Fsp3) is 0.357. The van der Waals surface area contributed by atoms with Gasteiger partial charge in [-0.05, 0) is 43.9 Å².